The van der Waals surface area contributed by atoms with Gasteiger partial charge < -0.3 is 16.0 Å². The fraction of sp³-hybridized carbons (Fsp3) is 0.263. The third-order valence-corrected chi connectivity index (χ3v) is 5.08. The molecule has 1 aromatic heterocycles. The van der Waals surface area contributed by atoms with E-state index in [9.17, 15) is 14.0 Å². The van der Waals surface area contributed by atoms with E-state index in [0.29, 0.717) is 33.6 Å². The number of carbonyl (C=O) groups is 2. The SMILES string of the molecule is C=CC(=O)N[C@@H]1C=C(c2c(F)cc(C(N)=O)c3[nH]c(C)c(Cl)c23)CCC1. The van der Waals surface area contributed by atoms with Crippen LogP contribution >= 0.6 is 11.6 Å². The number of amides is 2. The quantitative estimate of drug-likeness (QED) is 0.713. The summed E-state index contributed by atoms with van der Waals surface area (Å²) in [6.07, 6.45) is 5.23. The van der Waals surface area contributed by atoms with Crippen LogP contribution in [-0.2, 0) is 4.79 Å². The first kappa shape index (κ1) is 18.2. The molecule has 1 atom stereocenters. The number of nitrogens with one attached hydrogen (secondary N) is 2. The van der Waals surface area contributed by atoms with Gasteiger partial charge in [0.2, 0.25) is 5.91 Å². The third kappa shape index (κ3) is 3.12. The topological polar surface area (TPSA) is 88.0 Å². The second-order valence-corrected chi connectivity index (χ2v) is 6.74. The molecule has 0 fully saturated rings. The average Bonchev–Trinajstić information content (AvgIpc) is 2.89. The van der Waals surface area contributed by atoms with Gasteiger partial charge in [0.05, 0.1) is 16.1 Å². The summed E-state index contributed by atoms with van der Waals surface area (Å²) in [6, 6.07) is 0.923. The molecule has 1 aromatic carbocycles. The second-order valence-electron chi connectivity index (χ2n) is 6.36. The minimum atomic E-state index is -0.730. The van der Waals surface area contributed by atoms with Gasteiger partial charge in [-0.2, -0.15) is 0 Å². The van der Waals surface area contributed by atoms with Gasteiger partial charge in [0, 0.05) is 22.7 Å². The number of rotatable bonds is 4. The molecule has 5 nitrogen and oxygen atoms in total. The Labute approximate surface area is 155 Å². The molecule has 0 unspecified atom stereocenters. The van der Waals surface area contributed by atoms with Crippen molar-refractivity contribution < 1.29 is 14.0 Å². The number of nitrogens with two attached hydrogens (primary N) is 1. The smallest absolute Gasteiger partial charge is 0.250 e. The number of aromatic nitrogens is 1. The van der Waals surface area contributed by atoms with Gasteiger partial charge in [0.15, 0.2) is 0 Å². The molecule has 0 spiro atoms. The molecular weight excluding hydrogens is 357 g/mol. The number of carbonyl (C=O) groups excluding carboxylic acids is 2. The van der Waals surface area contributed by atoms with Gasteiger partial charge >= 0.3 is 0 Å². The number of aryl methyl sites for hydroxylation is 1. The number of primary amides is 1. The van der Waals surface area contributed by atoms with E-state index < -0.39 is 11.7 Å². The summed E-state index contributed by atoms with van der Waals surface area (Å²) in [7, 11) is 0. The summed E-state index contributed by atoms with van der Waals surface area (Å²) in [5, 5.41) is 3.62. The van der Waals surface area contributed by atoms with Gasteiger partial charge in [-0.15, -0.1) is 0 Å². The Morgan fingerprint density at radius 2 is 2.23 bits per heavy atom. The fourth-order valence-electron chi connectivity index (χ4n) is 3.42. The lowest BCUT2D eigenvalue weighted by Gasteiger charge is -2.23. The molecule has 0 bridgehead atoms. The zero-order valence-electron chi connectivity index (χ0n) is 14.3. The molecule has 0 radical (unpaired) electrons. The maximum absolute atomic E-state index is 14.9. The predicted octanol–water partition coefficient (Wildman–Crippen LogP) is 3.61. The van der Waals surface area contributed by atoms with Crippen LogP contribution in [0, 0.1) is 12.7 Å². The third-order valence-electron chi connectivity index (χ3n) is 4.60. The lowest BCUT2D eigenvalue weighted by molar-refractivity contribution is -0.116. The van der Waals surface area contributed by atoms with E-state index in [-0.39, 0.29) is 17.5 Å². The van der Waals surface area contributed by atoms with Crippen LogP contribution in [0.2, 0.25) is 5.02 Å². The summed E-state index contributed by atoms with van der Waals surface area (Å²) in [5.74, 6) is -1.57. The number of H-pyrrole nitrogens is 1. The highest BCUT2D eigenvalue weighted by molar-refractivity contribution is 6.37. The van der Waals surface area contributed by atoms with E-state index in [1.54, 1.807) is 6.92 Å². The van der Waals surface area contributed by atoms with Crippen LogP contribution in [0.3, 0.4) is 0 Å². The van der Waals surface area contributed by atoms with Gasteiger partial charge in [-0.3, -0.25) is 9.59 Å². The Morgan fingerprint density at radius 3 is 2.88 bits per heavy atom. The zero-order valence-corrected chi connectivity index (χ0v) is 15.0. The standard InChI is InChI=1S/C19H19ClFN3O2/c1-3-14(25)24-11-6-4-5-10(7-11)15-13(21)8-12(19(22)26)18-16(15)17(20)9(2)23-18/h3,7-8,11,23H,1,4-6H2,2H3,(H2,22,26)(H,24,25)/t11-/m0/s1. The number of halogens is 2. The number of allylic oxidation sites excluding steroid dienone is 1. The van der Waals surface area contributed by atoms with Crippen molar-refractivity contribution in [2.75, 3.05) is 0 Å². The largest absolute Gasteiger partial charge is 0.366 e. The van der Waals surface area contributed by atoms with Crippen molar-refractivity contribution in [3.05, 3.63) is 52.5 Å². The van der Waals surface area contributed by atoms with Crippen LogP contribution in [0.4, 0.5) is 4.39 Å². The Bertz CT molecular complexity index is 962. The fourth-order valence-corrected chi connectivity index (χ4v) is 3.66. The van der Waals surface area contributed by atoms with Gasteiger partial charge in [0.25, 0.3) is 5.91 Å². The summed E-state index contributed by atoms with van der Waals surface area (Å²) in [5.41, 5.74) is 7.59. The number of hydrogen-bond donors (Lipinski definition) is 3. The van der Waals surface area contributed by atoms with Crippen LogP contribution in [0.1, 0.15) is 40.9 Å². The van der Waals surface area contributed by atoms with Crippen molar-refractivity contribution in [1.29, 1.82) is 0 Å². The van der Waals surface area contributed by atoms with E-state index in [1.807, 2.05) is 6.08 Å². The molecule has 1 heterocycles. The van der Waals surface area contributed by atoms with Gasteiger partial charge in [-0.05, 0) is 43.9 Å². The van der Waals surface area contributed by atoms with E-state index in [1.165, 1.54) is 6.08 Å². The molecular formula is C19H19ClFN3O2. The summed E-state index contributed by atoms with van der Waals surface area (Å²) in [4.78, 5) is 26.3. The molecule has 4 N–H and O–H groups in total. The number of aromatic amines is 1. The highest BCUT2D eigenvalue weighted by Crippen LogP contribution is 2.40. The first-order valence-corrected chi connectivity index (χ1v) is 8.65. The molecule has 26 heavy (non-hydrogen) atoms. The first-order chi connectivity index (χ1) is 12.3. The van der Waals surface area contributed by atoms with Gasteiger partial charge in [0.1, 0.15) is 5.82 Å². The van der Waals surface area contributed by atoms with Crippen LogP contribution in [0.25, 0.3) is 16.5 Å². The van der Waals surface area contributed by atoms with Crippen molar-refractivity contribution in [3.8, 4) is 0 Å². The number of benzene rings is 1. The van der Waals surface area contributed by atoms with E-state index in [2.05, 4.69) is 16.9 Å². The first-order valence-electron chi connectivity index (χ1n) is 8.27. The van der Waals surface area contributed by atoms with Crippen LogP contribution < -0.4 is 11.1 Å². The number of hydrogen-bond acceptors (Lipinski definition) is 2. The lowest BCUT2D eigenvalue weighted by atomic mass is 9.88. The summed E-state index contributed by atoms with van der Waals surface area (Å²) >= 11 is 6.40. The van der Waals surface area contributed by atoms with Crippen LogP contribution in [0.15, 0.2) is 24.8 Å². The second kappa shape index (κ2) is 6.96. The van der Waals surface area contributed by atoms with Crippen molar-refractivity contribution >= 4 is 39.9 Å². The number of fused-ring (bicyclic) bond motifs is 1. The van der Waals surface area contributed by atoms with Crippen molar-refractivity contribution in [1.82, 2.24) is 10.3 Å². The molecule has 0 saturated carbocycles. The van der Waals surface area contributed by atoms with E-state index in [4.69, 9.17) is 17.3 Å². The predicted molar refractivity (Wildman–Crippen MR) is 100 cm³/mol. The van der Waals surface area contributed by atoms with Gasteiger partial charge in [-0.25, -0.2) is 4.39 Å². The molecule has 2 amide bonds. The molecule has 0 saturated heterocycles. The van der Waals surface area contributed by atoms with Crippen LogP contribution in [0.5, 0.6) is 0 Å². The van der Waals surface area contributed by atoms with Crippen molar-refractivity contribution in [2.45, 2.75) is 32.2 Å². The minimum Gasteiger partial charge on any atom is -0.366 e. The van der Waals surface area contributed by atoms with Crippen molar-refractivity contribution in [3.63, 3.8) is 0 Å². The Kier molecular flexibility index (Phi) is 4.87. The maximum Gasteiger partial charge on any atom is 0.250 e. The molecule has 2 aromatic rings. The molecule has 0 aliphatic heterocycles. The average molecular weight is 376 g/mol. The Morgan fingerprint density at radius 1 is 1.50 bits per heavy atom. The van der Waals surface area contributed by atoms with Crippen LogP contribution in [-0.4, -0.2) is 22.8 Å². The summed E-state index contributed by atoms with van der Waals surface area (Å²) < 4.78 is 14.9. The van der Waals surface area contributed by atoms with E-state index in [0.717, 1.165) is 24.5 Å². The Hall–Kier alpha value is -2.60. The van der Waals surface area contributed by atoms with E-state index >= 15 is 0 Å². The Balaban J connectivity index is 2.20. The summed E-state index contributed by atoms with van der Waals surface area (Å²) in [6.45, 7) is 5.19. The molecule has 1 aliphatic carbocycles. The maximum atomic E-state index is 14.9. The van der Waals surface area contributed by atoms with Gasteiger partial charge in [-0.1, -0.05) is 24.3 Å². The highest BCUT2D eigenvalue weighted by Gasteiger charge is 2.25. The lowest BCUT2D eigenvalue weighted by Crippen LogP contribution is -2.33. The molecule has 3 rings (SSSR count). The molecule has 7 heteroatoms. The molecule has 1 aliphatic rings. The monoisotopic (exact) mass is 375 g/mol. The normalized spacial score (nSPS) is 17.0. The van der Waals surface area contributed by atoms with Crippen molar-refractivity contribution in [2.24, 2.45) is 5.73 Å². The molecule has 136 valence electrons. The zero-order chi connectivity index (χ0) is 19.0. The highest BCUT2D eigenvalue weighted by atomic mass is 35.5. The minimum absolute atomic E-state index is 0.0594.